The molecule has 0 aromatic heterocycles. The quantitative estimate of drug-likeness (QED) is 0.407. The van der Waals surface area contributed by atoms with Gasteiger partial charge in [0.2, 0.25) is 0 Å². The first-order valence-electron chi connectivity index (χ1n) is 7.74. The molecule has 0 spiro atoms. The first-order valence-corrected chi connectivity index (χ1v) is 11.5. The Labute approximate surface area is 134 Å². The van der Waals surface area contributed by atoms with Crippen molar-refractivity contribution in [2.45, 2.75) is 51.2 Å². The van der Waals surface area contributed by atoms with Crippen LogP contribution in [0.3, 0.4) is 0 Å². The van der Waals surface area contributed by atoms with Gasteiger partial charge in [0.1, 0.15) is 12.9 Å². The van der Waals surface area contributed by atoms with E-state index in [0.717, 1.165) is 11.6 Å². The van der Waals surface area contributed by atoms with Crippen LogP contribution in [0.25, 0.3) is 0 Å². The van der Waals surface area contributed by atoms with E-state index in [4.69, 9.17) is 9.47 Å². The lowest BCUT2D eigenvalue weighted by Crippen LogP contribution is -2.25. The molecule has 0 aliphatic heterocycles. The molecule has 1 rings (SSSR count). The van der Waals surface area contributed by atoms with Gasteiger partial charge in [-0.05, 0) is 18.5 Å². The third-order valence-corrected chi connectivity index (χ3v) is 5.13. The molecule has 0 aliphatic rings. The Morgan fingerprint density at radius 3 is 2.45 bits per heavy atom. The Morgan fingerprint density at radius 1 is 1.23 bits per heavy atom. The van der Waals surface area contributed by atoms with E-state index in [1.807, 2.05) is 30.3 Å². The minimum absolute atomic E-state index is 0.0556. The lowest BCUT2D eigenvalue weighted by atomic mass is 10.0. The summed E-state index contributed by atoms with van der Waals surface area (Å²) < 4.78 is 10.8. The average Bonchev–Trinajstić information content (AvgIpc) is 2.46. The number of aliphatic hydroxyl groups is 1. The summed E-state index contributed by atoms with van der Waals surface area (Å²) in [6.45, 7) is 9.35. The second kappa shape index (κ2) is 9.20. The van der Waals surface area contributed by atoms with E-state index in [0.29, 0.717) is 6.61 Å². The monoisotopic (exact) mass is 324 g/mol. The summed E-state index contributed by atoms with van der Waals surface area (Å²) in [5.41, 5.74) is 0.745. The third kappa shape index (κ3) is 7.84. The van der Waals surface area contributed by atoms with Crippen molar-refractivity contribution in [1.29, 1.82) is 0 Å². The Bertz CT molecular complexity index is 442. The van der Waals surface area contributed by atoms with E-state index in [1.54, 1.807) is 6.92 Å². The number of hydrogen-bond acceptors (Lipinski definition) is 4. The Kier molecular flexibility index (Phi) is 7.96. The zero-order valence-electron chi connectivity index (χ0n) is 14.0. The molecule has 0 heterocycles. The molecule has 2 atom stereocenters. The molecule has 1 N–H and O–H groups in total. The van der Waals surface area contributed by atoms with Crippen LogP contribution in [-0.4, -0.2) is 38.5 Å². The van der Waals surface area contributed by atoms with Crippen LogP contribution in [0.4, 0.5) is 0 Å². The van der Waals surface area contributed by atoms with E-state index in [-0.39, 0.29) is 19.0 Å². The van der Waals surface area contributed by atoms with Gasteiger partial charge in [-0.1, -0.05) is 50.0 Å². The smallest absolute Gasteiger partial charge is 0.164 e. The number of aliphatic hydroxyl groups excluding tert-OH is 1. The van der Waals surface area contributed by atoms with Crippen molar-refractivity contribution in [3.63, 3.8) is 0 Å². The highest BCUT2D eigenvalue weighted by molar-refractivity contribution is 6.76. The van der Waals surface area contributed by atoms with Crippen LogP contribution < -0.4 is 0 Å². The third-order valence-electron chi connectivity index (χ3n) is 3.43. The summed E-state index contributed by atoms with van der Waals surface area (Å²) >= 11 is 0. The molecule has 124 valence electrons. The Morgan fingerprint density at radius 2 is 1.86 bits per heavy atom. The van der Waals surface area contributed by atoms with Crippen molar-refractivity contribution in [3.05, 3.63) is 35.9 Å². The minimum Gasteiger partial charge on any atom is -0.388 e. The fourth-order valence-electron chi connectivity index (χ4n) is 1.83. The standard InChI is InChI=1S/C17H28O4Si/c1-14(21-13-20-10-11-22(2,3)4)16(18)12-17(19)15-8-6-5-7-9-15/h5-9,14,17,19H,10-13H2,1-4H3/t14-,17+/m1/s1. The molecule has 1 aromatic rings. The van der Waals surface area contributed by atoms with Gasteiger partial charge >= 0.3 is 0 Å². The summed E-state index contributed by atoms with van der Waals surface area (Å²) in [7, 11) is -1.10. The molecule has 0 amide bonds. The molecule has 0 aliphatic carbocycles. The lowest BCUT2D eigenvalue weighted by Gasteiger charge is -2.17. The molecular weight excluding hydrogens is 296 g/mol. The highest BCUT2D eigenvalue weighted by atomic mass is 28.3. The molecular formula is C17H28O4Si. The van der Waals surface area contributed by atoms with Gasteiger partial charge in [-0.3, -0.25) is 4.79 Å². The molecule has 4 nitrogen and oxygen atoms in total. The fourth-order valence-corrected chi connectivity index (χ4v) is 2.59. The van der Waals surface area contributed by atoms with Crippen molar-refractivity contribution < 1.29 is 19.4 Å². The predicted molar refractivity (Wildman–Crippen MR) is 90.5 cm³/mol. The van der Waals surface area contributed by atoms with Crippen molar-refractivity contribution in [1.82, 2.24) is 0 Å². The Balaban J connectivity index is 2.25. The van der Waals surface area contributed by atoms with E-state index < -0.39 is 20.3 Å². The normalized spacial score (nSPS) is 14.6. The first kappa shape index (κ1) is 19.0. The molecule has 22 heavy (non-hydrogen) atoms. The molecule has 0 saturated carbocycles. The van der Waals surface area contributed by atoms with Gasteiger partial charge in [0, 0.05) is 21.1 Å². The number of hydrogen-bond donors (Lipinski definition) is 1. The van der Waals surface area contributed by atoms with E-state index in [2.05, 4.69) is 19.6 Å². The van der Waals surface area contributed by atoms with Crippen molar-refractivity contribution in [3.8, 4) is 0 Å². The largest absolute Gasteiger partial charge is 0.388 e. The summed E-state index contributed by atoms with van der Waals surface area (Å²) in [5.74, 6) is -0.120. The first-order chi connectivity index (χ1) is 10.3. The number of ether oxygens (including phenoxy) is 2. The van der Waals surface area contributed by atoms with E-state index in [9.17, 15) is 9.90 Å². The molecule has 0 fully saturated rings. The maximum absolute atomic E-state index is 12.0. The van der Waals surface area contributed by atoms with E-state index in [1.165, 1.54) is 0 Å². The highest BCUT2D eigenvalue weighted by Gasteiger charge is 2.19. The number of Topliss-reactive ketones (excluding diaryl/α,β-unsaturated/α-hetero) is 1. The maximum atomic E-state index is 12.0. The average molecular weight is 324 g/mol. The van der Waals surface area contributed by atoms with Gasteiger partial charge in [0.15, 0.2) is 5.78 Å². The summed E-state index contributed by atoms with van der Waals surface area (Å²) in [4.78, 5) is 12.0. The SMILES string of the molecule is C[C@@H](OCOCC[Si](C)(C)C)C(=O)C[C@H](O)c1ccccc1. The molecule has 0 bridgehead atoms. The second-order valence-corrected chi connectivity index (χ2v) is 12.4. The van der Waals surface area contributed by atoms with Gasteiger partial charge in [-0.25, -0.2) is 0 Å². The lowest BCUT2D eigenvalue weighted by molar-refractivity contribution is -0.141. The molecule has 0 saturated heterocycles. The molecule has 5 heteroatoms. The van der Waals surface area contributed by atoms with Crippen LogP contribution in [0, 0.1) is 0 Å². The van der Waals surface area contributed by atoms with Gasteiger partial charge in [0.05, 0.1) is 6.10 Å². The van der Waals surface area contributed by atoms with Gasteiger partial charge in [-0.2, -0.15) is 0 Å². The summed E-state index contributed by atoms with van der Waals surface area (Å²) in [5, 5.41) is 10.0. The number of carbonyl (C=O) groups excluding carboxylic acids is 1. The molecule has 1 aromatic carbocycles. The number of carbonyl (C=O) groups is 1. The maximum Gasteiger partial charge on any atom is 0.164 e. The second-order valence-electron chi connectivity index (χ2n) is 6.74. The van der Waals surface area contributed by atoms with Crippen LogP contribution in [0.1, 0.15) is 25.0 Å². The summed E-state index contributed by atoms with van der Waals surface area (Å²) in [6.07, 6.45) is -1.29. The number of ketones is 1. The van der Waals surface area contributed by atoms with Gasteiger partial charge in [-0.15, -0.1) is 0 Å². The van der Waals surface area contributed by atoms with Crippen LogP contribution in [0.5, 0.6) is 0 Å². The van der Waals surface area contributed by atoms with E-state index >= 15 is 0 Å². The molecule has 0 unspecified atom stereocenters. The van der Waals surface area contributed by atoms with Crippen molar-refractivity contribution in [2.24, 2.45) is 0 Å². The van der Waals surface area contributed by atoms with Crippen molar-refractivity contribution >= 4 is 13.9 Å². The fraction of sp³-hybridized carbons (Fsp3) is 0.588. The topological polar surface area (TPSA) is 55.8 Å². The zero-order valence-corrected chi connectivity index (χ0v) is 15.0. The minimum atomic E-state index is -1.10. The van der Waals surface area contributed by atoms with Crippen LogP contribution in [0.2, 0.25) is 25.7 Å². The van der Waals surface area contributed by atoms with Crippen LogP contribution in [-0.2, 0) is 14.3 Å². The molecule has 0 radical (unpaired) electrons. The van der Waals surface area contributed by atoms with Crippen LogP contribution >= 0.6 is 0 Å². The number of benzene rings is 1. The summed E-state index contributed by atoms with van der Waals surface area (Å²) in [6, 6.07) is 10.3. The van der Waals surface area contributed by atoms with Gasteiger partial charge in [0.25, 0.3) is 0 Å². The van der Waals surface area contributed by atoms with Crippen molar-refractivity contribution in [2.75, 3.05) is 13.4 Å². The van der Waals surface area contributed by atoms with Gasteiger partial charge < -0.3 is 14.6 Å². The van der Waals surface area contributed by atoms with Crippen LogP contribution in [0.15, 0.2) is 30.3 Å². The predicted octanol–water partition coefficient (Wildman–Crippen LogP) is 3.40. The Hall–Kier alpha value is -1.01. The number of rotatable bonds is 10. The zero-order chi connectivity index (χ0) is 16.6. The highest BCUT2D eigenvalue weighted by Crippen LogP contribution is 2.17.